The zero-order chi connectivity index (χ0) is 13.7. The maximum absolute atomic E-state index is 13.2. The highest BCUT2D eigenvalue weighted by atomic mass is 19.1. The smallest absolute Gasteiger partial charge is 0.142 e. The summed E-state index contributed by atoms with van der Waals surface area (Å²) in [6, 6.07) is 7.28. The number of nitrogens with zero attached hydrogens (tertiary/aromatic N) is 1. The Morgan fingerprint density at radius 2 is 2.05 bits per heavy atom. The molecule has 0 radical (unpaired) electrons. The Morgan fingerprint density at radius 1 is 1.21 bits per heavy atom. The molecule has 1 aromatic heterocycles. The highest BCUT2D eigenvalue weighted by Crippen LogP contribution is 2.26. The minimum absolute atomic E-state index is 0.332. The molecule has 4 heteroatoms. The van der Waals surface area contributed by atoms with E-state index in [1.54, 1.807) is 13.3 Å². The minimum Gasteiger partial charge on any atom is -0.496 e. The summed E-state index contributed by atoms with van der Waals surface area (Å²) in [6.45, 7) is 3.65. The lowest BCUT2D eigenvalue weighted by atomic mass is 10.0. The first kappa shape index (κ1) is 13.5. The number of aromatic nitrogens is 1. The molecule has 1 N–H and O–H groups in total. The lowest BCUT2D eigenvalue weighted by Gasteiger charge is -2.11. The maximum atomic E-state index is 13.2. The van der Waals surface area contributed by atoms with E-state index in [9.17, 15) is 4.39 Å². The molecule has 100 valence electrons. The van der Waals surface area contributed by atoms with Crippen molar-refractivity contribution in [1.29, 1.82) is 0 Å². The van der Waals surface area contributed by atoms with Gasteiger partial charge in [0.05, 0.1) is 13.3 Å². The number of pyridine rings is 1. The first-order valence-corrected chi connectivity index (χ1v) is 6.23. The molecule has 0 spiro atoms. The van der Waals surface area contributed by atoms with E-state index in [-0.39, 0.29) is 5.82 Å². The Balaban J connectivity index is 2.36. The van der Waals surface area contributed by atoms with Crippen LogP contribution in [-0.2, 0) is 6.54 Å². The fourth-order valence-corrected chi connectivity index (χ4v) is 1.93. The Morgan fingerprint density at radius 3 is 2.74 bits per heavy atom. The average Bonchev–Trinajstić information content (AvgIpc) is 2.44. The summed E-state index contributed by atoms with van der Waals surface area (Å²) < 4.78 is 18.5. The molecule has 0 aliphatic rings. The van der Waals surface area contributed by atoms with Gasteiger partial charge >= 0.3 is 0 Å². The van der Waals surface area contributed by atoms with Gasteiger partial charge in [-0.2, -0.15) is 0 Å². The van der Waals surface area contributed by atoms with Crippen LogP contribution in [0.3, 0.4) is 0 Å². The number of rotatable bonds is 5. The van der Waals surface area contributed by atoms with Gasteiger partial charge in [0.25, 0.3) is 0 Å². The van der Waals surface area contributed by atoms with Crippen LogP contribution in [-0.4, -0.2) is 18.6 Å². The third-order valence-electron chi connectivity index (χ3n) is 2.88. The van der Waals surface area contributed by atoms with Crippen LogP contribution >= 0.6 is 0 Å². The van der Waals surface area contributed by atoms with Gasteiger partial charge in [-0.05, 0) is 30.3 Å². The van der Waals surface area contributed by atoms with Crippen LogP contribution < -0.4 is 10.1 Å². The lowest BCUT2D eigenvalue weighted by Crippen LogP contribution is -2.12. The van der Waals surface area contributed by atoms with Gasteiger partial charge in [0.1, 0.15) is 11.6 Å². The molecule has 19 heavy (non-hydrogen) atoms. The number of benzene rings is 1. The van der Waals surface area contributed by atoms with Gasteiger partial charge in [-0.1, -0.05) is 13.0 Å². The van der Waals surface area contributed by atoms with Crippen LogP contribution in [0.5, 0.6) is 5.75 Å². The standard InChI is InChI=1S/C15H17FN2O/c1-3-17-9-13-6-11(4-5-15(13)19-2)12-7-14(16)10-18-8-12/h4-8,10,17H,3,9H2,1-2H3. The molecular formula is C15H17FN2O. The molecule has 0 saturated carbocycles. The van der Waals surface area contributed by atoms with E-state index in [2.05, 4.69) is 10.3 Å². The second-order valence-corrected chi connectivity index (χ2v) is 4.20. The van der Waals surface area contributed by atoms with E-state index in [4.69, 9.17) is 4.74 Å². The van der Waals surface area contributed by atoms with Crippen LogP contribution in [0, 0.1) is 5.82 Å². The van der Waals surface area contributed by atoms with Crippen molar-refractivity contribution in [2.45, 2.75) is 13.5 Å². The van der Waals surface area contributed by atoms with Crippen LogP contribution in [0.1, 0.15) is 12.5 Å². The molecule has 0 fully saturated rings. The van der Waals surface area contributed by atoms with E-state index in [1.807, 2.05) is 25.1 Å². The van der Waals surface area contributed by atoms with Crippen molar-refractivity contribution >= 4 is 0 Å². The topological polar surface area (TPSA) is 34.2 Å². The number of hydrogen-bond donors (Lipinski definition) is 1. The third kappa shape index (κ3) is 3.29. The lowest BCUT2D eigenvalue weighted by molar-refractivity contribution is 0.408. The van der Waals surface area contributed by atoms with Gasteiger partial charge in [-0.15, -0.1) is 0 Å². The fraction of sp³-hybridized carbons (Fsp3) is 0.267. The van der Waals surface area contributed by atoms with Crippen LogP contribution in [0.2, 0.25) is 0 Å². The highest BCUT2D eigenvalue weighted by Gasteiger charge is 2.06. The Hall–Kier alpha value is -1.94. The summed E-state index contributed by atoms with van der Waals surface area (Å²) in [5.41, 5.74) is 2.74. The summed E-state index contributed by atoms with van der Waals surface area (Å²) in [5.74, 6) is 0.496. The van der Waals surface area contributed by atoms with Crippen molar-refractivity contribution in [1.82, 2.24) is 10.3 Å². The third-order valence-corrected chi connectivity index (χ3v) is 2.88. The zero-order valence-electron chi connectivity index (χ0n) is 11.1. The zero-order valence-corrected chi connectivity index (χ0v) is 11.1. The van der Waals surface area contributed by atoms with E-state index in [0.29, 0.717) is 0 Å². The van der Waals surface area contributed by atoms with Gasteiger partial charge in [0.2, 0.25) is 0 Å². The Labute approximate surface area is 112 Å². The molecule has 2 rings (SSSR count). The van der Waals surface area contributed by atoms with Crippen LogP contribution in [0.25, 0.3) is 11.1 Å². The van der Waals surface area contributed by atoms with Gasteiger partial charge in [-0.3, -0.25) is 4.98 Å². The fourth-order valence-electron chi connectivity index (χ4n) is 1.93. The predicted molar refractivity (Wildman–Crippen MR) is 73.6 cm³/mol. The SMILES string of the molecule is CCNCc1cc(-c2cncc(F)c2)ccc1OC. The molecule has 0 atom stereocenters. The van der Waals surface area contributed by atoms with E-state index < -0.39 is 0 Å². The minimum atomic E-state index is -0.332. The summed E-state index contributed by atoms with van der Waals surface area (Å²) in [6.07, 6.45) is 2.86. The number of halogens is 1. The summed E-state index contributed by atoms with van der Waals surface area (Å²) >= 11 is 0. The van der Waals surface area contributed by atoms with Crippen molar-refractivity contribution in [2.24, 2.45) is 0 Å². The van der Waals surface area contributed by atoms with Crippen LogP contribution in [0.4, 0.5) is 4.39 Å². The molecule has 1 heterocycles. The molecule has 2 aromatic rings. The van der Waals surface area contributed by atoms with E-state index >= 15 is 0 Å². The van der Waals surface area contributed by atoms with Crippen molar-refractivity contribution in [3.05, 3.63) is 48.0 Å². The van der Waals surface area contributed by atoms with Gasteiger partial charge in [0, 0.05) is 23.9 Å². The van der Waals surface area contributed by atoms with Crippen molar-refractivity contribution in [3.8, 4) is 16.9 Å². The van der Waals surface area contributed by atoms with Crippen molar-refractivity contribution < 1.29 is 9.13 Å². The van der Waals surface area contributed by atoms with E-state index in [1.165, 1.54) is 12.3 Å². The molecule has 0 aliphatic carbocycles. The number of hydrogen-bond acceptors (Lipinski definition) is 3. The monoisotopic (exact) mass is 260 g/mol. The first-order valence-electron chi connectivity index (χ1n) is 6.23. The maximum Gasteiger partial charge on any atom is 0.142 e. The second kappa shape index (κ2) is 6.29. The quantitative estimate of drug-likeness (QED) is 0.897. The van der Waals surface area contributed by atoms with Crippen LogP contribution in [0.15, 0.2) is 36.7 Å². The molecule has 0 aliphatic heterocycles. The van der Waals surface area contributed by atoms with Crippen molar-refractivity contribution in [3.63, 3.8) is 0 Å². The molecule has 0 amide bonds. The van der Waals surface area contributed by atoms with Gasteiger partial charge in [-0.25, -0.2) is 4.39 Å². The second-order valence-electron chi connectivity index (χ2n) is 4.20. The Kier molecular flexibility index (Phi) is 4.47. The van der Waals surface area contributed by atoms with E-state index in [0.717, 1.165) is 35.5 Å². The summed E-state index contributed by atoms with van der Waals surface area (Å²) in [7, 11) is 1.65. The predicted octanol–water partition coefficient (Wildman–Crippen LogP) is 3.01. The molecule has 0 saturated heterocycles. The molecule has 3 nitrogen and oxygen atoms in total. The number of nitrogens with one attached hydrogen (secondary N) is 1. The molecule has 0 bridgehead atoms. The average molecular weight is 260 g/mol. The molecule has 1 aromatic carbocycles. The number of methoxy groups -OCH3 is 1. The Bertz CT molecular complexity index is 558. The highest BCUT2D eigenvalue weighted by molar-refractivity contribution is 5.64. The summed E-state index contributed by atoms with van der Waals surface area (Å²) in [4.78, 5) is 3.87. The molecular weight excluding hydrogens is 243 g/mol. The normalized spacial score (nSPS) is 10.5. The van der Waals surface area contributed by atoms with Gasteiger partial charge in [0.15, 0.2) is 0 Å². The first-order chi connectivity index (χ1) is 9.24. The van der Waals surface area contributed by atoms with Crippen molar-refractivity contribution in [2.75, 3.05) is 13.7 Å². The van der Waals surface area contributed by atoms with Gasteiger partial charge < -0.3 is 10.1 Å². The number of ether oxygens (including phenoxy) is 1. The largest absolute Gasteiger partial charge is 0.496 e. The summed E-state index contributed by atoms with van der Waals surface area (Å²) in [5, 5.41) is 3.26. The molecule has 0 unspecified atom stereocenters.